The number of hydrogen-bond acceptors (Lipinski definition) is 3. The van der Waals surface area contributed by atoms with Gasteiger partial charge < -0.3 is 10.6 Å². The Balaban J connectivity index is 1.66. The molecule has 28 heavy (non-hydrogen) atoms. The van der Waals surface area contributed by atoms with E-state index < -0.39 is 18.3 Å². The van der Waals surface area contributed by atoms with Crippen LogP contribution in [0.5, 0.6) is 0 Å². The first kappa shape index (κ1) is 19.3. The van der Waals surface area contributed by atoms with Gasteiger partial charge in [0.2, 0.25) is 0 Å². The maximum absolute atomic E-state index is 13.7. The van der Waals surface area contributed by atoms with Gasteiger partial charge in [0, 0.05) is 16.9 Å². The van der Waals surface area contributed by atoms with Gasteiger partial charge in [-0.15, -0.1) is 0 Å². The number of fused-ring (bicyclic) bond motifs is 1. The van der Waals surface area contributed by atoms with Crippen LogP contribution in [0.3, 0.4) is 0 Å². The van der Waals surface area contributed by atoms with E-state index in [1.54, 1.807) is 24.3 Å². The molecule has 0 unspecified atom stereocenters. The highest BCUT2D eigenvalue weighted by Gasteiger charge is 2.47. The number of benzene rings is 1. The molecule has 0 radical (unpaired) electrons. The van der Waals surface area contributed by atoms with Crippen molar-refractivity contribution in [2.24, 2.45) is 0 Å². The Hall–Kier alpha value is -2.03. The summed E-state index contributed by atoms with van der Waals surface area (Å²) in [5, 5.41) is 9.95. The van der Waals surface area contributed by atoms with E-state index in [1.807, 2.05) is 0 Å². The largest absolute Gasteiger partial charge is 0.410 e. The molecule has 1 aromatic heterocycles. The highest BCUT2D eigenvalue weighted by atomic mass is 79.9. The van der Waals surface area contributed by atoms with Crippen molar-refractivity contribution in [2.75, 3.05) is 5.32 Å². The summed E-state index contributed by atoms with van der Waals surface area (Å²) >= 11 is 3.34. The Labute approximate surface area is 168 Å². The van der Waals surface area contributed by atoms with Gasteiger partial charge >= 0.3 is 6.18 Å². The Morgan fingerprint density at radius 2 is 1.89 bits per heavy atom. The lowest BCUT2D eigenvalue weighted by Gasteiger charge is -2.34. The molecule has 1 aromatic carbocycles. The van der Waals surface area contributed by atoms with Gasteiger partial charge in [-0.2, -0.15) is 18.3 Å². The molecule has 2 atom stereocenters. The average molecular weight is 457 g/mol. The maximum atomic E-state index is 13.7. The summed E-state index contributed by atoms with van der Waals surface area (Å²) < 4.78 is 42.9. The predicted molar refractivity (Wildman–Crippen MR) is 102 cm³/mol. The van der Waals surface area contributed by atoms with Crippen molar-refractivity contribution < 1.29 is 18.0 Å². The Morgan fingerprint density at radius 1 is 1.21 bits per heavy atom. The van der Waals surface area contributed by atoms with Crippen molar-refractivity contribution in [1.29, 1.82) is 0 Å². The van der Waals surface area contributed by atoms with E-state index in [9.17, 15) is 18.0 Å². The fourth-order valence-corrected chi connectivity index (χ4v) is 4.24. The first-order chi connectivity index (χ1) is 13.3. The number of nitrogens with zero attached hydrogens (tertiary/aromatic N) is 2. The van der Waals surface area contributed by atoms with Crippen LogP contribution in [-0.4, -0.2) is 27.9 Å². The fraction of sp³-hybridized carbons (Fsp3) is 0.474. The van der Waals surface area contributed by atoms with Gasteiger partial charge in [0.25, 0.3) is 5.91 Å². The summed E-state index contributed by atoms with van der Waals surface area (Å²) in [6, 6.07) is 4.86. The zero-order chi connectivity index (χ0) is 19.9. The molecule has 1 amide bonds. The molecule has 2 aliphatic rings. The number of halogens is 4. The molecule has 1 aliphatic heterocycles. The highest BCUT2D eigenvalue weighted by molar-refractivity contribution is 9.10. The minimum absolute atomic E-state index is 0.0762. The normalized spacial score (nSPS) is 22.6. The summed E-state index contributed by atoms with van der Waals surface area (Å²) in [6.45, 7) is 0. The molecule has 1 aliphatic carbocycles. The standard InChI is InChI=1S/C19H20BrF3N4O/c20-12-7-5-11(6-8-12)15-9-16(19(21,22)23)27-17(26-15)14(10-24-27)18(28)25-13-3-1-2-4-13/h5-8,10,13,15-16,26H,1-4,9H2,(H,25,28)/t15-,16+/m1/s1. The summed E-state index contributed by atoms with van der Waals surface area (Å²) in [6.07, 6.45) is 0.480. The third kappa shape index (κ3) is 3.76. The van der Waals surface area contributed by atoms with Gasteiger partial charge in [-0.25, -0.2) is 4.68 Å². The van der Waals surface area contributed by atoms with Crippen LogP contribution in [0, 0.1) is 0 Å². The van der Waals surface area contributed by atoms with E-state index in [0.29, 0.717) is 0 Å². The first-order valence-corrected chi connectivity index (χ1v) is 10.1. The Bertz CT molecular complexity index is 859. The summed E-state index contributed by atoms with van der Waals surface area (Å²) in [7, 11) is 0. The van der Waals surface area contributed by atoms with Crippen molar-refractivity contribution in [1.82, 2.24) is 15.1 Å². The zero-order valence-corrected chi connectivity index (χ0v) is 16.6. The van der Waals surface area contributed by atoms with Gasteiger partial charge in [-0.05, 0) is 30.5 Å². The summed E-state index contributed by atoms with van der Waals surface area (Å²) in [5.41, 5.74) is 0.884. The second-order valence-corrected chi connectivity index (χ2v) is 8.26. The van der Waals surface area contributed by atoms with Crippen LogP contribution in [0.1, 0.15) is 60.1 Å². The fourth-order valence-electron chi connectivity index (χ4n) is 3.98. The van der Waals surface area contributed by atoms with Crippen LogP contribution in [0.2, 0.25) is 0 Å². The molecule has 1 saturated carbocycles. The second kappa shape index (κ2) is 7.42. The molecule has 150 valence electrons. The van der Waals surface area contributed by atoms with Gasteiger partial charge in [0.15, 0.2) is 6.04 Å². The number of aromatic nitrogens is 2. The van der Waals surface area contributed by atoms with E-state index >= 15 is 0 Å². The number of alkyl halides is 3. The van der Waals surface area contributed by atoms with Crippen LogP contribution >= 0.6 is 15.9 Å². The first-order valence-electron chi connectivity index (χ1n) is 9.30. The summed E-state index contributed by atoms with van der Waals surface area (Å²) in [5.74, 6) is -0.255. The number of hydrogen-bond donors (Lipinski definition) is 2. The third-order valence-corrected chi connectivity index (χ3v) is 5.97. The molecule has 4 rings (SSSR count). The average Bonchev–Trinajstić information content (AvgIpc) is 3.30. The maximum Gasteiger partial charge on any atom is 0.410 e. The zero-order valence-electron chi connectivity index (χ0n) is 15.0. The number of carbonyl (C=O) groups excluding carboxylic acids is 1. The van der Waals surface area contributed by atoms with E-state index in [-0.39, 0.29) is 29.8 Å². The minimum atomic E-state index is -4.46. The number of rotatable bonds is 3. The van der Waals surface area contributed by atoms with Crippen LogP contribution < -0.4 is 10.6 Å². The Morgan fingerprint density at radius 3 is 2.54 bits per heavy atom. The number of nitrogens with one attached hydrogen (secondary N) is 2. The van der Waals surface area contributed by atoms with Crippen molar-refractivity contribution in [3.63, 3.8) is 0 Å². The van der Waals surface area contributed by atoms with Gasteiger partial charge in [0.1, 0.15) is 11.4 Å². The molecule has 0 saturated heterocycles. The molecule has 2 heterocycles. The smallest absolute Gasteiger partial charge is 0.363 e. The van der Waals surface area contributed by atoms with Crippen molar-refractivity contribution in [3.05, 3.63) is 46.1 Å². The topological polar surface area (TPSA) is 59.0 Å². The molecule has 0 spiro atoms. The van der Waals surface area contributed by atoms with E-state index in [2.05, 4.69) is 31.7 Å². The van der Waals surface area contributed by atoms with E-state index in [0.717, 1.165) is 40.4 Å². The van der Waals surface area contributed by atoms with Crippen molar-refractivity contribution in [2.45, 2.75) is 56.4 Å². The van der Waals surface area contributed by atoms with Crippen LogP contribution in [-0.2, 0) is 0 Å². The highest BCUT2D eigenvalue weighted by Crippen LogP contribution is 2.44. The lowest BCUT2D eigenvalue weighted by molar-refractivity contribution is -0.173. The number of amides is 1. The van der Waals surface area contributed by atoms with Crippen LogP contribution in [0.15, 0.2) is 34.9 Å². The molecule has 1 fully saturated rings. The van der Waals surface area contributed by atoms with Crippen molar-refractivity contribution in [3.8, 4) is 0 Å². The Kier molecular flexibility index (Phi) is 5.11. The van der Waals surface area contributed by atoms with Gasteiger partial charge in [0.05, 0.1) is 12.2 Å². The van der Waals surface area contributed by atoms with Gasteiger partial charge in [-0.1, -0.05) is 40.9 Å². The SMILES string of the molecule is O=C(NC1CCCC1)c1cnn2c1N[C@@H](c1ccc(Br)cc1)C[C@H]2C(F)(F)F. The quantitative estimate of drug-likeness (QED) is 0.684. The molecule has 0 bridgehead atoms. The number of carbonyl (C=O) groups is 1. The van der Waals surface area contributed by atoms with Crippen LogP contribution in [0.25, 0.3) is 0 Å². The lowest BCUT2D eigenvalue weighted by atomic mass is 9.96. The predicted octanol–water partition coefficient (Wildman–Crippen LogP) is 4.98. The summed E-state index contributed by atoms with van der Waals surface area (Å²) in [4.78, 5) is 12.7. The lowest BCUT2D eigenvalue weighted by Crippen LogP contribution is -2.37. The molecule has 2 aromatic rings. The number of anilines is 1. The van der Waals surface area contributed by atoms with E-state index in [1.165, 1.54) is 6.20 Å². The van der Waals surface area contributed by atoms with Crippen molar-refractivity contribution >= 4 is 27.7 Å². The molecule has 5 nitrogen and oxygen atoms in total. The third-order valence-electron chi connectivity index (χ3n) is 5.45. The molecular formula is C19H20BrF3N4O. The van der Waals surface area contributed by atoms with Gasteiger partial charge in [-0.3, -0.25) is 4.79 Å². The minimum Gasteiger partial charge on any atom is -0.363 e. The second-order valence-electron chi connectivity index (χ2n) is 7.35. The van der Waals surface area contributed by atoms with Crippen LogP contribution in [0.4, 0.5) is 19.0 Å². The monoisotopic (exact) mass is 456 g/mol. The molecule has 2 N–H and O–H groups in total. The molecular weight excluding hydrogens is 437 g/mol. The van der Waals surface area contributed by atoms with E-state index in [4.69, 9.17) is 0 Å². The molecule has 9 heteroatoms.